The monoisotopic (exact) mass is 182 g/mol. The lowest BCUT2D eigenvalue weighted by molar-refractivity contribution is -0.135. The first-order chi connectivity index (χ1) is 6.27. The van der Waals surface area contributed by atoms with Crippen molar-refractivity contribution in [3.8, 4) is 0 Å². The van der Waals surface area contributed by atoms with E-state index < -0.39 is 0 Å². The first kappa shape index (κ1) is 9.20. The highest BCUT2D eigenvalue weighted by molar-refractivity contribution is 5.89. The van der Waals surface area contributed by atoms with Gasteiger partial charge in [-0.3, -0.25) is 4.79 Å². The number of carbonyl (C=O) groups is 1. The van der Waals surface area contributed by atoms with E-state index in [1.54, 1.807) is 0 Å². The number of ether oxygens (including phenoxy) is 1. The third-order valence-corrected chi connectivity index (χ3v) is 3.71. The molecule has 0 N–H and O–H groups in total. The normalized spacial score (nSPS) is 40.1. The molecule has 0 radical (unpaired) electrons. The summed E-state index contributed by atoms with van der Waals surface area (Å²) < 4.78 is 5.64. The lowest BCUT2D eigenvalue weighted by Crippen LogP contribution is -2.39. The van der Waals surface area contributed by atoms with Crippen molar-refractivity contribution in [2.45, 2.75) is 51.0 Å². The van der Waals surface area contributed by atoms with Gasteiger partial charge in [-0.05, 0) is 31.6 Å². The van der Waals surface area contributed by atoms with Crippen LogP contribution in [0.3, 0.4) is 0 Å². The van der Waals surface area contributed by atoms with Gasteiger partial charge in [-0.1, -0.05) is 13.3 Å². The van der Waals surface area contributed by atoms with Crippen molar-refractivity contribution in [3.05, 3.63) is 0 Å². The Morgan fingerprint density at radius 1 is 1.46 bits per heavy atom. The minimum absolute atomic E-state index is 0.328. The Morgan fingerprint density at radius 3 is 2.62 bits per heavy atom. The Kier molecular flexibility index (Phi) is 2.41. The van der Waals surface area contributed by atoms with Gasteiger partial charge in [-0.15, -0.1) is 0 Å². The Morgan fingerprint density at radius 2 is 2.15 bits per heavy atom. The molecule has 0 atom stereocenters. The van der Waals surface area contributed by atoms with Crippen LogP contribution in [0.25, 0.3) is 0 Å². The molecule has 1 saturated heterocycles. The van der Waals surface area contributed by atoms with Gasteiger partial charge >= 0.3 is 0 Å². The summed E-state index contributed by atoms with van der Waals surface area (Å²) in [5.41, 5.74) is -0.328. The molecule has 1 aliphatic heterocycles. The van der Waals surface area contributed by atoms with E-state index in [1.807, 2.05) is 0 Å². The van der Waals surface area contributed by atoms with Crippen molar-refractivity contribution in [1.82, 2.24) is 0 Å². The van der Waals surface area contributed by atoms with Crippen molar-refractivity contribution in [3.63, 3.8) is 0 Å². The molecule has 13 heavy (non-hydrogen) atoms. The molecule has 2 aliphatic rings. The maximum Gasteiger partial charge on any atom is 0.166 e. The molecule has 2 fully saturated rings. The van der Waals surface area contributed by atoms with Crippen LogP contribution in [0.1, 0.15) is 45.4 Å². The first-order valence-corrected chi connectivity index (χ1v) is 5.44. The third kappa shape index (κ3) is 1.52. The molecular formula is C11H18O2. The van der Waals surface area contributed by atoms with Crippen molar-refractivity contribution >= 4 is 5.78 Å². The van der Waals surface area contributed by atoms with E-state index in [4.69, 9.17) is 4.74 Å². The summed E-state index contributed by atoms with van der Waals surface area (Å²) in [6.07, 6.45) is 6.22. The minimum atomic E-state index is -0.328. The van der Waals surface area contributed by atoms with E-state index in [2.05, 4.69) is 6.92 Å². The van der Waals surface area contributed by atoms with E-state index in [9.17, 15) is 4.79 Å². The average molecular weight is 182 g/mol. The fourth-order valence-corrected chi connectivity index (χ4v) is 2.62. The maximum absolute atomic E-state index is 11.6. The smallest absolute Gasteiger partial charge is 0.166 e. The highest BCUT2D eigenvalue weighted by atomic mass is 16.5. The lowest BCUT2D eigenvalue weighted by atomic mass is 9.76. The summed E-state index contributed by atoms with van der Waals surface area (Å²) >= 11 is 0. The molecule has 0 bridgehead atoms. The molecule has 0 unspecified atom stereocenters. The van der Waals surface area contributed by atoms with Crippen LogP contribution >= 0.6 is 0 Å². The van der Waals surface area contributed by atoms with Gasteiger partial charge in [0.15, 0.2) is 5.78 Å². The summed E-state index contributed by atoms with van der Waals surface area (Å²) in [6, 6.07) is 0. The largest absolute Gasteiger partial charge is 0.367 e. The molecule has 1 aliphatic carbocycles. The Labute approximate surface area is 79.7 Å². The topological polar surface area (TPSA) is 26.3 Å². The van der Waals surface area contributed by atoms with Crippen LogP contribution in [-0.2, 0) is 9.53 Å². The van der Waals surface area contributed by atoms with Gasteiger partial charge in [0, 0.05) is 6.42 Å². The Hall–Kier alpha value is -0.370. The molecule has 0 aromatic rings. The zero-order valence-corrected chi connectivity index (χ0v) is 8.34. The number of rotatable bonds is 1. The van der Waals surface area contributed by atoms with E-state index in [1.165, 1.54) is 19.3 Å². The Balaban J connectivity index is 1.99. The van der Waals surface area contributed by atoms with Gasteiger partial charge in [0.05, 0.1) is 6.61 Å². The Bertz CT molecular complexity index is 202. The molecule has 1 spiro atoms. The van der Waals surface area contributed by atoms with E-state index in [0.717, 1.165) is 18.8 Å². The fourth-order valence-electron chi connectivity index (χ4n) is 2.62. The fraction of sp³-hybridized carbons (Fsp3) is 0.909. The first-order valence-electron chi connectivity index (χ1n) is 5.44. The summed E-state index contributed by atoms with van der Waals surface area (Å²) in [4.78, 5) is 11.6. The third-order valence-electron chi connectivity index (χ3n) is 3.71. The number of carbonyl (C=O) groups excluding carboxylic acids is 1. The second kappa shape index (κ2) is 3.41. The molecule has 1 heterocycles. The minimum Gasteiger partial charge on any atom is -0.367 e. The quantitative estimate of drug-likeness (QED) is 0.622. The van der Waals surface area contributed by atoms with Gasteiger partial charge in [-0.2, -0.15) is 0 Å². The number of hydrogen-bond acceptors (Lipinski definition) is 2. The number of ketones is 1. The number of Topliss-reactive ketones (excluding diaryl/α,β-unsaturated/α-hetero) is 1. The van der Waals surface area contributed by atoms with Gasteiger partial charge in [-0.25, -0.2) is 0 Å². The molecule has 74 valence electrons. The van der Waals surface area contributed by atoms with Crippen LogP contribution in [0.4, 0.5) is 0 Å². The number of hydrogen-bond donors (Lipinski definition) is 0. The van der Waals surface area contributed by atoms with Crippen LogP contribution in [0.15, 0.2) is 0 Å². The van der Waals surface area contributed by atoms with Crippen molar-refractivity contribution < 1.29 is 9.53 Å². The van der Waals surface area contributed by atoms with E-state index >= 15 is 0 Å². The van der Waals surface area contributed by atoms with Crippen LogP contribution in [0, 0.1) is 5.92 Å². The summed E-state index contributed by atoms with van der Waals surface area (Å²) in [7, 11) is 0. The predicted molar refractivity (Wildman–Crippen MR) is 50.6 cm³/mol. The summed E-state index contributed by atoms with van der Waals surface area (Å²) in [6.45, 7) is 2.90. The van der Waals surface area contributed by atoms with Crippen molar-refractivity contribution in [2.24, 2.45) is 5.92 Å². The highest BCUT2D eigenvalue weighted by Crippen LogP contribution is 2.40. The van der Waals surface area contributed by atoms with Crippen LogP contribution in [0.5, 0.6) is 0 Å². The molecule has 0 aromatic heterocycles. The van der Waals surface area contributed by atoms with Gasteiger partial charge in [0.1, 0.15) is 5.60 Å². The SMILES string of the molecule is CCC1CCC2(CC1)OCCC2=O. The zero-order chi connectivity index (χ0) is 9.31. The van der Waals surface area contributed by atoms with Crippen LogP contribution < -0.4 is 0 Å². The van der Waals surface area contributed by atoms with Crippen molar-refractivity contribution in [2.75, 3.05) is 6.61 Å². The van der Waals surface area contributed by atoms with Crippen molar-refractivity contribution in [1.29, 1.82) is 0 Å². The second-order valence-electron chi connectivity index (χ2n) is 4.37. The van der Waals surface area contributed by atoms with Crippen LogP contribution in [-0.4, -0.2) is 18.0 Å². The zero-order valence-electron chi connectivity index (χ0n) is 8.34. The molecule has 1 saturated carbocycles. The van der Waals surface area contributed by atoms with Gasteiger partial charge in [0.2, 0.25) is 0 Å². The molecule has 2 nitrogen and oxygen atoms in total. The van der Waals surface area contributed by atoms with E-state index in [0.29, 0.717) is 18.8 Å². The van der Waals surface area contributed by atoms with Crippen LogP contribution in [0.2, 0.25) is 0 Å². The highest BCUT2D eigenvalue weighted by Gasteiger charge is 2.45. The maximum atomic E-state index is 11.6. The second-order valence-corrected chi connectivity index (χ2v) is 4.37. The predicted octanol–water partition coefficient (Wildman–Crippen LogP) is 2.31. The average Bonchev–Trinajstić information content (AvgIpc) is 2.50. The van der Waals surface area contributed by atoms with E-state index in [-0.39, 0.29) is 5.60 Å². The van der Waals surface area contributed by atoms with Gasteiger partial charge in [0.25, 0.3) is 0 Å². The molecule has 0 amide bonds. The molecule has 2 rings (SSSR count). The van der Waals surface area contributed by atoms with Gasteiger partial charge < -0.3 is 4.74 Å². The lowest BCUT2D eigenvalue weighted by Gasteiger charge is -2.34. The standard InChI is InChI=1S/C11H18O2/c1-2-9-3-6-11(7-4-9)10(12)5-8-13-11/h9H,2-8H2,1H3. The summed E-state index contributed by atoms with van der Waals surface area (Å²) in [5, 5.41) is 0. The molecule has 2 heteroatoms. The summed E-state index contributed by atoms with van der Waals surface area (Å²) in [5.74, 6) is 1.20. The molecular weight excluding hydrogens is 164 g/mol. The molecule has 0 aromatic carbocycles.